The van der Waals surface area contributed by atoms with Crippen molar-refractivity contribution in [1.29, 1.82) is 0 Å². The Morgan fingerprint density at radius 2 is 1.71 bits per heavy atom. The summed E-state index contributed by atoms with van der Waals surface area (Å²) in [5.74, 6) is -3.19. The quantitative estimate of drug-likeness (QED) is 0.413. The van der Waals surface area contributed by atoms with E-state index in [0.29, 0.717) is 0 Å². The molecule has 0 aromatic rings. The van der Waals surface area contributed by atoms with Crippen molar-refractivity contribution >= 4 is 0 Å². The number of hydrogen-bond donors (Lipinski definition) is 0. The molecule has 0 saturated heterocycles. The molecule has 1 rings (SSSR count). The summed E-state index contributed by atoms with van der Waals surface area (Å²) >= 11 is 0. The first kappa shape index (κ1) is 4.68. The number of hydrogen-bond acceptors (Lipinski definition) is 0. The summed E-state index contributed by atoms with van der Waals surface area (Å²) in [4.78, 5) is 0. The van der Waals surface area contributed by atoms with Gasteiger partial charge in [0.25, 0.3) is 0 Å². The maximum Gasteiger partial charge on any atom is 0.306 e. The van der Waals surface area contributed by atoms with E-state index in [1.165, 1.54) is 0 Å². The number of allylic oxidation sites excluding steroid dienone is 1. The second-order valence-electron chi connectivity index (χ2n) is 1.51. The number of alkyl halides is 3. The average molecular weight is 108 g/mol. The van der Waals surface area contributed by atoms with Crippen molar-refractivity contribution in [3.63, 3.8) is 0 Å². The standard InChI is InChI=1S/C4H3F3/c1-2-3(5)4(2,6)7/h3H,1H2. The van der Waals surface area contributed by atoms with Gasteiger partial charge < -0.3 is 0 Å². The van der Waals surface area contributed by atoms with Crippen LogP contribution in [0.2, 0.25) is 0 Å². The normalized spacial score (nSPS) is 35.9. The summed E-state index contributed by atoms with van der Waals surface area (Å²) in [6, 6.07) is 0. The van der Waals surface area contributed by atoms with Crippen molar-refractivity contribution in [3.05, 3.63) is 12.2 Å². The van der Waals surface area contributed by atoms with E-state index < -0.39 is 17.7 Å². The molecule has 3 heteroatoms. The van der Waals surface area contributed by atoms with E-state index in [1.54, 1.807) is 0 Å². The van der Waals surface area contributed by atoms with Crippen molar-refractivity contribution < 1.29 is 13.2 Å². The van der Waals surface area contributed by atoms with Crippen LogP contribution >= 0.6 is 0 Å². The summed E-state index contributed by atoms with van der Waals surface area (Å²) in [6.07, 6.45) is -2.06. The Labute approximate surface area is 38.6 Å². The molecule has 40 valence electrons. The Hall–Kier alpha value is -0.470. The highest BCUT2D eigenvalue weighted by atomic mass is 19.3. The lowest BCUT2D eigenvalue weighted by atomic mass is 10.7. The molecular weight excluding hydrogens is 105 g/mol. The molecule has 0 spiro atoms. The largest absolute Gasteiger partial charge is 0.306 e. The molecule has 1 saturated carbocycles. The van der Waals surface area contributed by atoms with Crippen molar-refractivity contribution in [2.45, 2.75) is 12.1 Å². The predicted molar refractivity (Wildman–Crippen MR) is 19.0 cm³/mol. The lowest BCUT2D eigenvalue weighted by molar-refractivity contribution is 0.0951. The van der Waals surface area contributed by atoms with Crippen molar-refractivity contribution in [2.75, 3.05) is 0 Å². The number of halogens is 3. The van der Waals surface area contributed by atoms with Crippen LogP contribution in [0.4, 0.5) is 13.2 Å². The average Bonchev–Trinajstić information content (AvgIpc) is 1.91. The predicted octanol–water partition coefficient (Wildman–Crippen LogP) is 1.53. The second kappa shape index (κ2) is 0.854. The van der Waals surface area contributed by atoms with Crippen LogP contribution in [0, 0.1) is 0 Å². The van der Waals surface area contributed by atoms with Crippen molar-refractivity contribution in [1.82, 2.24) is 0 Å². The Morgan fingerprint density at radius 3 is 1.71 bits per heavy atom. The SMILES string of the molecule is C=C1C(F)C1(F)F. The second-order valence-corrected chi connectivity index (χ2v) is 1.51. The van der Waals surface area contributed by atoms with Gasteiger partial charge in [0.1, 0.15) is 0 Å². The molecular formula is C4H3F3. The van der Waals surface area contributed by atoms with Gasteiger partial charge in [0.15, 0.2) is 6.17 Å². The molecule has 1 aliphatic carbocycles. The van der Waals surface area contributed by atoms with E-state index in [-0.39, 0.29) is 0 Å². The molecule has 0 aromatic heterocycles. The van der Waals surface area contributed by atoms with E-state index >= 15 is 0 Å². The Morgan fingerprint density at radius 1 is 1.57 bits per heavy atom. The zero-order valence-electron chi connectivity index (χ0n) is 3.42. The molecule has 0 nitrogen and oxygen atoms in total. The van der Waals surface area contributed by atoms with Crippen LogP contribution in [0.5, 0.6) is 0 Å². The van der Waals surface area contributed by atoms with E-state index in [4.69, 9.17) is 0 Å². The fraction of sp³-hybridized carbons (Fsp3) is 0.500. The molecule has 1 aliphatic rings. The fourth-order valence-corrected chi connectivity index (χ4v) is 0.294. The first-order chi connectivity index (χ1) is 3.07. The van der Waals surface area contributed by atoms with E-state index in [9.17, 15) is 13.2 Å². The fourth-order valence-electron chi connectivity index (χ4n) is 0.294. The molecule has 7 heavy (non-hydrogen) atoms. The summed E-state index contributed by atoms with van der Waals surface area (Å²) in [5.41, 5.74) is -0.590. The summed E-state index contributed by atoms with van der Waals surface area (Å²) < 4.78 is 34.3. The minimum atomic E-state index is -3.19. The third-order valence-electron chi connectivity index (χ3n) is 0.969. The molecule has 0 N–H and O–H groups in total. The molecule has 1 fully saturated rings. The molecule has 1 unspecified atom stereocenters. The van der Waals surface area contributed by atoms with Gasteiger partial charge in [-0.3, -0.25) is 0 Å². The minimum absolute atomic E-state index is 0.590. The van der Waals surface area contributed by atoms with E-state index in [1.807, 2.05) is 0 Å². The first-order valence-electron chi connectivity index (χ1n) is 1.78. The van der Waals surface area contributed by atoms with E-state index in [0.717, 1.165) is 0 Å². The van der Waals surface area contributed by atoms with Gasteiger partial charge in [-0.25, -0.2) is 4.39 Å². The number of rotatable bonds is 0. The van der Waals surface area contributed by atoms with Crippen LogP contribution in [0.15, 0.2) is 12.2 Å². The Kier molecular flexibility index (Phi) is 0.571. The molecule has 0 aliphatic heterocycles. The van der Waals surface area contributed by atoms with Crippen LogP contribution in [0.25, 0.3) is 0 Å². The maximum absolute atomic E-state index is 11.4. The highest BCUT2D eigenvalue weighted by molar-refractivity contribution is 5.36. The van der Waals surface area contributed by atoms with Gasteiger partial charge in [0, 0.05) is 5.57 Å². The third kappa shape index (κ3) is 0.376. The molecule has 0 bridgehead atoms. The lowest BCUT2D eigenvalue weighted by Crippen LogP contribution is -1.90. The van der Waals surface area contributed by atoms with Crippen LogP contribution < -0.4 is 0 Å². The van der Waals surface area contributed by atoms with Crippen molar-refractivity contribution in [2.24, 2.45) is 0 Å². The zero-order valence-corrected chi connectivity index (χ0v) is 3.42. The first-order valence-corrected chi connectivity index (χ1v) is 1.78. The molecule has 0 heterocycles. The Balaban J connectivity index is 2.70. The topological polar surface area (TPSA) is 0 Å². The van der Waals surface area contributed by atoms with Gasteiger partial charge in [0.05, 0.1) is 0 Å². The highest BCUT2D eigenvalue weighted by Crippen LogP contribution is 2.49. The van der Waals surface area contributed by atoms with Crippen molar-refractivity contribution in [3.8, 4) is 0 Å². The smallest absolute Gasteiger partial charge is 0.235 e. The van der Waals surface area contributed by atoms with Crippen LogP contribution in [0.3, 0.4) is 0 Å². The summed E-state index contributed by atoms with van der Waals surface area (Å²) in [6.45, 7) is 2.78. The highest BCUT2D eigenvalue weighted by Gasteiger charge is 2.63. The van der Waals surface area contributed by atoms with Gasteiger partial charge in [-0.1, -0.05) is 6.58 Å². The summed E-state index contributed by atoms with van der Waals surface area (Å²) in [5, 5.41) is 0. The third-order valence-corrected chi connectivity index (χ3v) is 0.969. The van der Waals surface area contributed by atoms with Gasteiger partial charge in [0.2, 0.25) is 0 Å². The van der Waals surface area contributed by atoms with Gasteiger partial charge in [-0.15, -0.1) is 0 Å². The minimum Gasteiger partial charge on any atom is -0.235 e. The van der Waals surface area contributed by atoms with Gasteiger partial charge in [-0.05, 0) is 0 Å². The monoisotopic (exact) mass is 108 g/mol. The Bertz CT molecular complexity index is 116. The van der Waals surface area contributed by atoms with E-state index in [2.05, 4.69) is 6.58 Å². The van der Waals surface area contributed by atoms with Gasteiger partial charge >= 0.3 is 5.92 Å². The summed E-state index contributed by atoms with van der Waals surface area (Å²) in [7, 11) is 0. The molecule has 0 amide bonds. The molecule has 0 radical (unpaired) electrons. The van der Waals surface area contributed by atoms with Gasteiger partial charge in [-0.2, -0.15) is 8.78 Å². The van der Waals surface area contributed by atoms with Crippen LogP contribution in [0.1, 0.15) is 0 Å². The molecule has 1 atom stereocenters. The zero-order chi connectivity index (χ0) is 5.65. The van der Waals surface area contributed by atoms with Crippen LogP contribution in [-0.2, 0) is 0 Å². The van der Waals surface area contributed by atoms with Crippen LogP contribution in [-0.4, -0.2) is 12.1 Å². The maximum atomic E-state index is 11.4. The lowest BCUT2D eigenvalue weighted by Gasteiger charge is -1.78. The molecule has 0 aromatic carbocycles.